The third-order valence-corrected chi connectivity index (χ3v) is 5.32. The lowest BCUT2D eigenvalue weighted by atomic mass is 9.73. The zero-order chi connectivity index (χ0) is 15.1. The second kappa shape index (κ2) is 5.63. The van der Waals surface area contributed by atoms with Gasteiger partial charge in [0.2, 0.25) is 0 Å². The first-order chi connectivity index (χ1) is 9.21. The summed E-state index contributed by atoms with van der Waals surface area (Å²) in [4.78, 5) is 0. The van der Waals surface area contributed by atoms with Crippen LogP contribution in [-0.2, 0) is 20.0 Å². The van der Waals surface area contributed by atoms with Gasteiger partial charge in [-0.15, -0.1) is 0 Å². The number of aromatic hydroxyl groups is 1. The lowest BCUT2D eigenvalue weighted by molar-refractivity contribution is 0.00578. The standard InChI is InChI=1S/C14H19BBr2O3/c1-13(2)14(3,4)20-15(19-13)12-9(7-16)5-11(18)6-10(12)8-17/h5-6,18H,7-8H2,1-4H3. The minimum atomic E-state index is -0.416. The van der Waals surface area contributed by atoms with Crippen LogP contribution in [0.5, 0.6) is 5.75 Å². The summed E-state index contributed by atoms with van der Waals surface area (Å²) in [5.41, 5.74) is 2.22. The zero-order valence-electron chi connectivity index (χ0n) is 12.2. The quantitative estimate of drug-likeness (QED) is 0.618. The van der Waals surface area contributed by atoms with Gasteiger partial charge >= 0.3 is 7.12 Å². The molecule has 1 aromatic rings. The van der Waals surface area contributed by atoms with Crippen LogP contribution in [0.3, 0.4) is 0 Å². The monoisotopic (exact) mass is 404 g/mol. The van der Waals surface area contributed by atoms with Crippen molar-refractivity contribution in [3.63, 3.8) is 0 Å². The van der Waals surface area contributed by atoms with Gasteiger partial charge in [0.15, 0.2) is 0 Å². The van der Waals surface area contributed by atoms with Crippen molar-refractivity contribution in [2.24, 2.45) is 0 Å². The van der Waals surface area contributed by atoms with Crippen molar-refractivity contribution in [2.75, 3.05) is 0 Å². The Morgan fingerprint density at radius 2 is 1.40 bits per heavy atom. The maximum atomic E-state index is 9.81. The number of benzene rings is 1. The van der Waals surface area contributed by atoms with E-state index in [0.29, 0.717) is 10.7 Å². The van der Waals surface area contributed by atoms with Gasteiger partial charge in [0.1, 0.15) is 5.75 Å². The van der Waals surface area contributed by atoms with Crippen LogP contribution in [0.1, 0.15) is 38.8 Å². The maximum Gasteiger partial charge on any atom is 0.495 e. The molecule has 0 saturated carbocycles. The third-order valence-electron chi connectivity index (χ3n) is 4.11. The molecule has 0 spiro atoms. The highest BCUT2D eigenvalue weighted by atomic mass is 79.9. The Kier molecular flexibility index (Phi) is 4.60. The molecule has 0 amide bonds. The largest absolute Gasteiger partial charge is 0.508 e. The Hall–Kier alpha value is -0.0351. The molecule has 1 aliphatic heterocycles. The van der Waals surface area contributed by atoms with Crippen LogP contribution in [0.2, 0.25) is 0 Å². The number of phenols is 1. The summed E-state index contributed by atoms with van der Waals surface area (Å²) in [5, 5.41) is 11.1. The van der Waals surface area contributed by atoms with Gasteiger partial charge < -0.3 is 14.4 Å². The molecule has 1 fully saturated rings. The highest BCUT2D eigenvalue weighted by molar-refractivity contribution is 9.08. The molecule has 0 bridgehead atoms. The normalized spacial score (nSPS) is 20.4. The lowest BCUT2D eigenvalue weighted by Crippen LogP contribution is -2.41. The van der Waals surface area contributed by atoms with E-state index in [1.807, 2.05) is 27.7 Å². The van der Waals surface area contributed by atoms with Gasteiger partial charge in [-0.2, -0.15) is 0 Å². The fourth-order valence-corrected chi connectivity index (χ4v) is 3.17. The van der Waals surface area contributed by atoms with E-state index in [0.717, 1.165) is 16.6 Å². The molecule has 1 saturated heterocycles. The highest BCUT2D eigenvalue weighted by Gasteiger charge is 2.52. The predicted molar refractivity (Wildman–Crippen MR) is 89.1 cm³/mol. The molecule has 3 nitrogen and oxygen atoms in total. The smallest absolute Gasteiger partial charge is 0.495 e. The SMILES string of the molecule is CC1(C)OB(c2c(CBr)cc(O)cc2CBr)OC1(C)C. The van der Waals surface area contributed by atoms with Crippen LogP contribution < -0.4 is 5.46 Å². The molecule has 1 N–H and O–H groups in total. The molecule has 2 rings (SSSR count). The molecule has 110 valence electrons. The second-order valence-corrected chi connectivity index (χ2v) is 7.15. The molecule has 1 aromatic carbocycles. The van der Waals surface area contributed by atoms with Gasteiger partial charge in [-0.25, -0.2) is 0 Å². The molecule has 0 aromatic heterocycles. The van der Waals surface area contributed by atoms with Gasteiger partial charge in [-0.3, -0.25) is 0 Å². The fraction of sp³-hybridized carbons (Fsp3) is 0.571. The Morgan fingerprint density at radius 1 is 1.00 bits per heavy atom. The number of hydrogen-bond acceptors (Lipinski definition) is 3. The molecule has 0 unspecified atom stereocenters. The van der Waals surface area contributed by atoms with Crippen LogP contribution in [0, 0.1) is 0 Å². The van der Waals surface area contributed by atoms with Gasteiger partial charge in [-0.1, -0.05) is 31.9 Å². The number of alkyl halides is 2. The average Bonchev–Trinajstić information content (AvgIpc) is 2.56. The van der Waals surface area contributed by atoms with Gasteiger partial charge in [0.25, 0.3) is 0 Å². The maximum absolute atomic E-state index is 9.81. The molecule has 1 heterocycles. The molecular formula is C14H19BBr2O3. The molecular weight excluding hydrogens is 387 g/mol. The Morgan fingerprint density at radius 3 is 1.75 bits per heavy atom. The van der Waals surface area contributed by atoms with Crippen molar-refractivity contribution in [3.05, 3.63) is 23.3 Å². The van der Waals surface area contributed by atoms with Crippen molar-refractivity contribution >= 4 is 44.4 Å². The van der Waals surface area contributed by atoms with Crippen molar-refractivity contribution in [2.45, 2.75) is 49.6 Å². The van der Waals surface area contributed by atoms with Crippen molar-refractivity contribution in [3.8, 4) is 5.75 Å². The molecule has 6 heteroatoms. The summed E-state index contributed by atoms with van der Waals surface area (Å²) >= 11 is 6.94. The Labute approximate surface area is 137 Å². The zero-order valence-corrected chi connectivity index (χ0v) is 15.3. The first-order valence-electron chi connectivity index (χ1n) is 6.54. The number of halogens is 2. The van der Waals surface area contributed by atoms with E-state index >= 15 is 0 Å². The lowest BCUT2D eigenvalue weighted by Gasteiger charge is -2.32. The summed E-state index contributed by atoms with van der Waals surface area (Å²) in [5.74, 6) is 0.258. The fourth-order valence-electron chi connectivity index (χ4n) is 2.25. The molecule has 1 aliphatic rings. The number of hydrogen-bond donors (Lipinski definition) is 1. The third kappa shape index (κ3) is 2.80. The number of phenolic OH excluding ortho intramolecular Hbond substituents is 1. The average molecular weight is 406 g/mol. The number of rotatable bonds is 3. The van der Waals surface area contributed by atoms with E-state index in [9.17, 15) is 5.11 Å². The first kappa shape index (κ1) is 16.3. The molecule has 0 aliphatic carbocycles. The van der Waals surface area contributed by atoms with E-state index in [-0.39, 0.29) is 17.0 Å². The van der Waals surface area contributed by atoms with Gasteiger partial charge in [0, 0.05) is 10.7 Å². The van der Waals surface area contributed by atoms with Gasteiger partial charge in [-0.05, 0) is 56.4 Å². The summed E-state index contributed by atoms with van der Waals surface area (Å²) < 4.78 is 12.3. The van der Waals surface area contributed by atoms with Crippen LogP contribution in [0.4, 0.5) is 0 Å². The molecule has 20 heavy (non-hydrogen) atoms. The van der Waals surface area contributed by atoms with Gasteiger partial charge in [0.05, 0.1) is 11.2 Å². The van der Waals surface area contributed by atoms with E-state index < -0.39 is 7.12 Å². The van der Waals surface area contributed by atoms with Crippen LogP contribution in [0.15, 0.2) is 12.1 Å². The van der Waals surface area contributed by atoms with Crippen LogP contribution >= 0.6 is 31.9 Å². The predicted octanol–water partition coefficient (Wildman–Crippen LogP) is 3.48. The summed E-state index contributed by atoms with van der Waals surface area (Å²) in [7, 11) is -0.416. The Bertz CT molecular complexity index is 476. The molecule has 0 atom stereocenters. The minimum absolute atomic E-state index is 0.258. The summed E-state index contributed by atoms with van der Waals surface area (Å²) in [6.45, 7) is 8.15. The van der Waals surface area contributed by atoms with E-state index in [4.69, 9.17) is 9.31 Å². The Balaban J connectivity index is 2.49. The second-order valence-electron chi connectivity index (χ2n) is 6.03. The van der Waals surface area contributed by atoms with Crippen LogP contribution in [-0.4, -0.2) is 23.4 Å². The highest BCUT2D eigenvalue weighted by Crippen LogP contribution is 2.37. The van der Waals surface area contributed by atoms with E-state index in [2.05, 4.69) is 31.9 Å². The first-order valence-corrected chi connectivity index (χ1v) is 8.78. The summed E-state index contributed by atoms with van der Waals surface area (Å²) in [6.07, 6.45) is 0. The van der Waals surface area contributed by atoms with Crippen molar-refractivity contribution < 1.29 is 14.4 Å². The molecule has 0 radical (unpaired) electrons. The van der Waals surface area contributed by atoms with Crippen molar-refractivity contribution in [1.29, 1.82) is 0 Å². The van der Waals surface area contributed by atoms with Crippen molar-refractivity contribution in [1.82, 2.24) is 0 Å². The van der Waals surface area contributed by atoms with E-state index in [1.165, 1.54) is 0 Å². The summed E-state index contributed by atoms with van der Waals surface area (Å²) in [6, 6.07) is 3.50. The van der Waals surface area contributed by atoms with E-state index in [1.54, 1.807) is 12.1 Å². The van der Waals surface area contributed by atoms with Crippen LogP contribution in [0.25, 0.3) is 0 Å². The topological polar surface area (TPSA) is 38.7 Å². The minimum Gasteiger partial charge on any atom is -0.508 e.